The summed E-state index contributed by atoms with van der Waals surface area (Å²) in [5.41, 5.74) is 2.69. The number of amides is 1. The van der Waals surface area contributed by atoms with Crippen molar-refractivity contribution >= 4 is 5.91 Å². The van der Waals surface area contributed by atoms with Gasteiger partial charge < -0.3 is 23.7 Å². The minimum Gasteiger partial charge on any atom is -0.376 e. The van der Waals surface area contributed by atoms with Crippen LogP contribution in [0.1, 0.15) is 28.5 Å². The summed E-state index contributed by atoms with van der Waals surface area (Å²) in [5.74, 6) is -0.414. The summed E-state index contributed by atoms with van der Waals surface area (Å²) in [4.78, 5) is 18.5. The first-order valence-electron chi connectivity index (χ1n) is 14.6. The van der Waals surface area contributed by atoms with Crippen LogP contribution in [0.2, 0.25) is 0 Å². The minimum atomic E-state index is -1.04. The summed E-state index contributed by atoms with van der Waals surface area (Å²) >= 11 is 0. The topological polar surface area (TPSA) is 75.7 Å². The first-order valence-corrected chi connectivity index (χ1v) is 14.6. The van der Waals surface area contributed by atoms with Crippen LogP contribution in [0.4, 0.5) is 0 Å². The highest BCUT2D eigenvalue weighted by atomic mass is 16.7. The van der Waals surface area contributed by atoms with Crippen molar-refractivity contribution in [2.75, 3.05) is 35.0 Å². The molecule has 8 nitrogen and oxygen atoms in total. The summed E-state index contributed by atoms with van der Waals surface area (Å²) in [7, 11) is 5.98. The number of benzene rings is 4. The highest BCUT2D eigenvalue weighted by Gasteiger charge is 2.49. The molecule has 4 aromatic rings. The van der Waals surface area contributed by atoms with Gasteiger partial charge >= 0.3 is 0 Å². The third-order valence-corrected chi connectivity index (χ3v) is 8.00. The molecule has 5 rings (SSSR count). The van der Waals surface area contributed by atoms with Crippen molar-refractivity contribution in [3.8, 4) is 0 Å². The van der Waals surface area contributed by atoms with E-state index < -0.39 is 42.2 Å². The Kier molecular flexibility index (Phi) is 10.6. The second-order valence-electron chi connectivity index (χ2n) is 10.5. The van der Waals surface area contributed by atoms with E-state index in [1.165, 1.54) is 21.3 Å². The van der Waals surface area contributed by atoms with Gasteiger partial charge in [0.05, 0.1) is 13.7 Å². The van der Waals surface area contributed by atoms with Crippen molar-refractivity contribution in [2.45, 2.75) is 36.3 Å². The van der Waals surface area contributed by atoms with Crippen LogP contribution in [-0.4, -0.2) is 70.4 Å². The van der Waals surface area contributed by atoms with Crippen molar-refractivity contribution in [3.63, 3.8) is 0 Å². The summed E-state index contributed by atoms with van der Waals surface area (Å²) in [6, 6.07) is 39.9. The van der Waals surface area contributed by atoms with Crippen LogP contribution < -0.4 is 0 Å². The maximum absolute atomic E-state index is 13.4. The lowest BCUT2D eigenvalue weighted by molar-refractivity contribution is -0.318. The molecule has 5 atom stereocenters. The average Bonchev–Trinajstić information content (AvgIpc) is 3.10. The zero-order valence-corrected chi connectivity index (χ0v) is 25.4. The quantitative estimate of drug-likeness (QED) is 0.157. The zero-order valence-electron chi connectivity index (χ0n) is 25.4. The molecule has 1 fully saturated rings. The third-order valence-electron chi connectivity index (χ3n) is 8.00. The molecule has 8 heteroatoms. The van der Waals surface area contributed by atoms with E-state index in [-0.39, 0.29) is 6.61 Å². The number of carbonyl (C=O) groups excluding carboxylic acids is 1. The number of hydroxylamine groups is 2. The molecule has 1 heterocycles. The molecule has 230 valence electrons. The normalized spacial score (nSPS) is 21.0. The van der Waals surface area contributed by atoms with Gasteiger partial charge in [-0.2, -0.15) is 0 Å². The number of ether oxygens (including phenoxy) is 5. The summed E-state index contributed by atoms with van der Waals surface area (Å²) in [6.07, 6.45) is -4.07. The molecule has 1 amide bonds. The monoisotopic (exact) mass is 597 g/mol. The smallest absolute Gasteiger partial charge is 0.277 e. The molecule has 4 aromatic carbocycles. The molecule has 1 saturated heterocycles. The van der Waals surface area contributed by atoms with Crippen molar-refractivity contribution in [1.29, 1.82) is 0 Å². The Balaban J connectivity index is 1.58. The van der Waals surface area contributed by atoms with Crippen LogP contribution in [0.15, 0.2) is 121 Å². The molecule has 0 bridgehead atoms. The first kappa shape index (κ1) is 31.5. The van der Waals surface area contributed by atoms with Gasteiger partial charge in [0.1, 0.15) is 23.9 Å². The molecule has 0 unspecified atom stereocenters. The second-order valence-corrected chi connectivity index (χ2v) is 10.5. The molecule has 44 heavy (non-hydrogen) atoms. The second kappa shape index (κ2) is 14.7. The van der Waals surface area contributed by atoms with Crippen molar-refractivity contribution < 1.29 is 33.3 Å². The fourth-order valence-electron chi connectivity index (χ4n) is 5.75. The molecular weight excluding hydrogens is 558 g/mol. The van der Waals surface area contributed by atoms with Crippen molar-refractivity contribution in [3.05, 3.63) is 144 Å². The number of nitrogens with zero attached hydrogens (tertiary/aromatic N) is 1. The lowest BCUT2D eigenvalue weighted by atomic mass is 9.80. The van der Waals surface area contributed by atoms with Crippen molar-refractivity contribution in [2.24, 2.45) is 0 Å². The zero-order chi connectivity index (χ0) is 30.9. The molecule has 0 aliphatic carbocycles. The summed E-state index contributed by atoms with van der Waals surface area (Å²) in [5, 5.41) is 1.12. The molecule has 0 saturated carbocycles. The fourth-order valence-corrected chi connectivity index (χ4v) is 5.75. The van der Waals surface area contributed by atoms with Crippen LogP contribution >= 0.6 is 0 Å². The highest BCUT2D eigenvalue weighted by Crippen LogP contribution is 2.42. The minimum absolute atomic E-state index is 0.102. The van der Waals surface area contributed by atoms with E-state index >= 15 is 0 Å². The molecule has 0 spiro atoms. The van der Waals surface area contributed by atoms with E-state index in [9.17, 15) is 4.79 Å². The number of rotatable bonds is 12. The Morgan fingerprint density at radius 2 is 1.23 bits per heavy atom. The molecule has 0 N–H and O–H groups in total. The van der Waals surface area contributed by atoms with Crippen LogP contribution in [-0.2, 0) is 38.9 Å². The fraction of sp³-hybridized carbons (Fsp3) is 0.306. The highest BCUT2D eigenvalue weighted by molar-refractivity contribution is 5.80. The van der Waals surface area contributed by atoms with Gasteiger partial charge in [-0.3, -0.25) is 9.63 Å². The van der Waals surface area contributed by atoms with E-state index in [0.29, 0.717) is 0 Å². The number of carbonyl (C=O) groups is 1. The maximum Gasteiger partial charge on any atom is 0.277 e. The first-order chi connectivity index (χ1) is 21.5. The summed E-state index contributed by atoms with van der Waals surface area (Å²) in [6.45, 7) is 0.102. The molecular formula is C36H39NO7. The van der Waals surface area contributed by atoms with Gasteiger partial charge in [-0.05, 0) is 16.7 Å². The number of hydrogen-bond acceptors (Lipinski definition) is 7. The Labute approximate surface area is 259 Å². The average molecular weight is 598 g/mol. The van der Waals surface area contributed by atoms with E-state index in [1.807, 2.05) is 84.9 Å². The maximum atomic E-state index is 13.4. The Morgan fingerprint density at radius 3 is 1.66 bits per heavy atom. The Bertz CT molecular complexity index is 1340. The number of methoxy groups -OCH3 is 2. The summed E-state index contributed by atoms with van der Waals surface area (Å²) < 4.78 is 31.9. The van der Waals surface area contributed by atoms with Gasteiger partial charge in [0, 0.05) is 26.8 Å². The van der Waals surface area contributed by atoms with E-state index in [1.54, 1.807) is 7.11 Å². The van der Waals surface area contributed by atoms with Crippen molar-refractivity contribution in [1.82, 2.24) is 5.06 Å². The predicted octanol–water partition coefficient (Wildman–Crippen LogP) is 5.53. The number of hydrogen-bond donors (Lipinski definition) is 0. The van der Waals surface area contributed by atoms with Crippen LogP contribution in [0, 0.1) is 0 Å². The molecule has 1 aliphatic heterocycles. The molecule has 1 aliphatic rings. The van der Waals surface area contributed by atoms with Gasteiger partial charge in [-0.15, -0.1) is 0 Å². The largest absolute Gasteiger partial charge is 0.376 e. The van der Waals surface area contributed by atoms with Gasteiger partial charge in [-0.1, -0.05) is 121 Å². The standard InChI is InChI=1S/C36H39NO7/c1-37(41-4)34(38)33(40-3)32-31(39-2)30(43-35(44-32)26-17-9-5-10-18-26)25-42-36(27-19-11-6-12-20-27,28-21-13-7-14-22-28)29-23-15-8-16-24-29/h5-24,30-33,35H,25H2,1-4H3/t30-,31+,32-,33-,35-/m1/s1. The van der Waals surface area contributed by atoms with Crippen LogP contribution in [0.3, 0.4) is 0 Å². The van der Waals surface area contributed by atoms with E-state index in [0.717, 1.165) is 27.3 Å². The van der Waals surface area contributed by atoms with Crippen LogP contribution in [0.25, 0.3) is 0 Å². The Hall–Kier alpha value is -3.89. The SMILES string of the molecule is CO[C@@H]1[C@H]([C@@H](OC)C(=O)N(C)OC)O[C@H](c2ccccc2)O[C@@H]1COC(c1ccccc1)(c1ccccc1)c1ccccc1. The van der Waals surface area contributed by atoms with Gasteiger partial charge in [0.2, 0.25) is 0 Å². The van der Waals surface area contributed by atoms with E-state index in [4.69, 9.17) is 28.5 Å². The molecule has 0 aromatic heterocycles. The predicted molar refractivity (Wildman–Crippen MR) is 165 cm³/mol. The number of likely N-dealkylation sites (N-methyl/N-ethyl adjacent to an activating group) is 1. The van der Waals surface area contributed by atoms with Crippen LogP contribution in [0.5, 0.6) is 0 Å². The van der Waals surface area contributed by atoms with Gasteiger partial charge in [-0.25, -0.2) is 5.06 Å². The third kappa shape index (κ3) is 6.46. The lowest BCUT2D eigenvalue weighted by Crippen LogP contribution is -2.59. The van der Waals surface area contributed by atoms with Gasteiger partial charge in [0.15, 0.2) is 12.4 Å². The molecule has 0 radical (unpaired) electrons. The Morgan fingerprint density at radius 1 is 0.750 bits per heavy atom. The van der Waals surface area contributed by atoms with Gasteiger partial charge in [0.25, 0.3) is 5.91 Å². The van der Waals surface area contributed by atoms with E-state index in [2.05, 4.69) is 36.4 Å². The lowest BCUT2D eigenvalue weighted by Gasteiger charge is -2.45.